The van der Waals surface area contributed by atoms with Gasteiger partial charge in [0.15, 0.2) is 0 Å². The number of esters is 1. The number of hydrogen-bond acceptors (Lipinski definition) is 5. The van der Waals surface area contributed by atoms with E-state index in [1.165, 1.54) is 0 Å². The first-order valence-corrected chi connectivity index (χ1v) is 7.23. The Bertz CT molecular complexity index is 337. The third-order valence-corrected chi connectivity index (χ3v) is 3.64. The summed E-state index contributed by atoms with van der Waals surface area (Å²) in [5.41, 5.74) is -1.07. The third kappa shape index (κ3) is 8.12. The van der Waals surface area contributed by atoms with E-state index in [4.69, 9.17) is 0 Å². The highest BCUT2D eigenvalue weighted by molar-refractivity contribution is 7.89. The van der Waals surface area contributed by atoms with E-state index in [0.717, 1.165) is 0 Å². The molecule has 0 aromatic rings. The number of rotatable bonds is 8. The fourth-order valence-corrected chi connectivity index (χ4v) is 2.02. The zero-order chi connectivity index (χ0) is 13.5. The summed E-state index contributed by atoms with van der Waals surface area (Å²) in [4.78, 5) is 11.0. The summed E-state index contributed by atoms with van der Waals surface area (Å²) in [6, 6.07) is 0. The van der Waals surface area contributed by atoms with Gasteiger partial charge >= 0.3 is 5.97 Å². The predicted octanol–water partition coefficient (Wildman–Crippen LogP) is 0.0200. The van der Waals surface area contributed by atoms with Gasteiger partial charge in [-0.25, -0.2) is 13.1 Å². The Balaban J connectivity index is 4.09. The molecule has 0 radical (unpaired) electrons. The molecule has 0 aliphatic rings. The molecule has 0 fully saturated rings. The molecule has 1 unspecified atom stereocenters. The van der Waals surface area contributed by atoms with Gasteiger partial charge < -0.3 is 9.84 Å². The molecule has 0 saturated carbocycles. The Hall–Kier alpha value is -0.660. The van der Waals surface area contributed by atoms with Crippen LogP contribution >= 0.6 is 0 Å². The minimum Gasteiger partial charge on any atom is -0.466 e. The topological polar surface area (TPSA) is 92.7 Å². The van der Waals surface area contributed by atoms with Crippen LogP contribution in [0.15, 0.2) is 0 Å². The summed E-state index contributed by atoms with van der Waals surface area (Å²) in [7, 11) is -3.55. The van der Waals surface area contributed by atoms with Gasteiger partial charge in [0.05, 0.1) is 24.4 Å². The first-order chi connectivity index (χ1) is 7.72. The molecule has 6 nitrogen and oxygen atoms in total. The summed E-state index contributed by atoms with van der Waals surface area (Å²) in [5.74, 6) is -0.869. The second kappa shape index (κ2) is 6.93. The number of hydrogen-bond donors (Lipinski definition) is 2. The van der Waals surface area contributed by atoms with E-state index in [0.29, 0.717) is 6.42 Å². The molecular formula is C10H21NO5S. The van der Waals surface area contributed by atoms with Crippen LogP contribution in [-0.4, -0.2) is 44.0 Å². The van der Waals surface area contributed by atoms with Crippen LogP contribution in [0.4, 0.5) is 0 Å². The van der Waals surface area contributed by atoms with E-state index in [1.807, 2.05) is 0 Å². The monoisotopic (exact) mass is 267 g/mol. The first-order valence-electron chi connectivity index (χ1n) is 5.58. The molecule has 0 bridgehead atoms. The SMILES string of the molecule is CCOC(=O)CCS(=O)(=O)NCC(C)(O)CC. The lowest BCUT2D eigenvalue weighted by Crippen LogP contribution is -2.41. The van der Waals surface area contributed by atoms with Crippen LogP contribution in [-0.2, 0) is 19.6 Å². The van der Waals surface area contributed by atoms with Crippen molar-refractivity contribution in [2.45, 2.75) is 39.2 Å². The highest BCUT2D eigenvalue weighted by atomic mass is 32.2. The number of carbonyl (C=O) groups is 1. The smallest absolute Gasteiger partial charge is 0.306 e. The second-order valence-electron chi connectivity index (χ2n) is 4.05. The van der Waals surface area contributed by atoms with Gasteiger partial charge in [0.2, 0.25) is 10.0 Å². The molecule has 2 N–H and O–H groups in total. The molecular weight excluding hydrogens is 246 g/mol. The Kier molecular flexibility index (Phi) is 6.66. The lowest BCUT2D eigenvalue weighted by molar-refractivity contribution is -0.142. The van der Waals surface area contributed by atoms with Crippen LogP contribution in [0.25, 0.3) is 0 Å². The van der Waals surface area contributed by atoms with Crippen molar-refractivity contribution in [1.29, 1.82) is 0 Å². The van der Waals surface area contributed by atoms with Gasteiger partial charge in [-0.15, -0.1) is 0 Å². The van der Waals surface area contributed by atoms with E-state index in [9.17, 15) is 18.3 Å². The maximum absolute atomic E-state index is 11.5. The normalized spacial score (nSPS) is 15.3. The molecule has 0 aromatic carbocycles. The van der Waals surface area contributed by atoms with Crippen molar-refractivity contribution in [2.24, 2.45) is 0 Å². The number of carbonyl (C=O) groups excluding carboxylic acids is 1. The molecule has 0 aliphatic carbocycles. The van der Waals surface area contributed by atoms with Crippen molar-refractivity contribution in [1.82, 2.24) is 4.72 Å². The van der Waals surface area contributed by atoms with E-state index in [-0.39, 0.29) is 25.3 Å². The third-order valence-electron chi connectivity index (χ3n) is 2.31. The van der Waals surface area contributed by atoms with Crippen molar-refractivity contribution in [3.05, 3.63) is 0 Å². The molecule has 0 heterocycles. The summed E-state index contributed by atoms with van der Waals surface area (Å²) >= 11 is 0. The number of sulfonamides is 1. The Morgan fingerprint density at radius 1 is 1.41 bits per heavy atom. The van der Waals surface area contributed by atoms with Crippen molar-refractivity contribution < 1.29 is 23.1 Å². The number of nitrogens with one attached hydrogen (secondary N) is 1. The summed E-state index contributed by atoms with van der Waals surface area (Å²) in [6.45, 7) is 5.13. The molecule has 0 rings (SSSR count). The van der Waals surface area contributed by atoms with E-state index in [2.05, 4.69) is 9.46 Å². The van der Waals surface area contributed by atoms with Crippen LogP contribution in [0, 0.1) is 0 Å². The molecule has 7 heteroatoms. The Morgan fingerprint density at radius 3 is 2.47 bits per heavy atom. The molecule has 0 saturated heterocycles. The highest BCUT2D eigenvalue weighted by Gasteiger charge is 2.21. The summed E-state index contributed by atoms with van der Waals surface area (Å²) < 4.78 is 29.8. The van der Waals surface area contributed by atoms with E-state index < -0.39 is 21.6 Å². The summed E-state index contributed by atoms with van der Waals surface area (Å²) in [6.07, 6.45) is 0.255. The van der Waals surface area contributed by atoms with Crippen molar-refractivity contribution >= 4 is 16.0 Å². The van der Waals surface area contributed by atoms with Gasteiger partial charge in [0, 0.05) is 6.54 Å². The average Bonchev–Trinajstić information content (AvgIpc) is 2.25. The average molecular weight is 267 g/mol. The van der Waals surface area contributed by atoms with Gasteiger partial charge in [-0.3, -0.25) is 4.79 Å². The molecule has 102 valence electrons. The maximum Gasteiger partial charge on any atom is 0.306 e. The van der Waals surface area contributed by atoms with Crippen molar-refractivity contribution in [3.8, 4) is 0 Å². The Labute approximate surface area is 102 Å². The number of aliphatic hydroxyl groups is 1. The largest absolute Gasteiger partial charge is 0.466 e. The lowest BCUT2D eigenvalue weighted by Gasteiger charge is -2.21. The Morgan fingerprint density at radius 2 is 2.00 bits per heavy atom. The van der Waals surface area contributed by atoms with Crippen LogP contribution in [0.1, 0.15) is 33.6 Å². The predicted molar refractivity (Wildman–Crippen MR) is 64.0 cm³/mol. The van der Waals surface area contributed by atoms with Crippen LogP contribution in [0.3, 0.4) is 0 Å². The zero-order valence-corrected chi connectivity index (χ0v) is 11.3. The highest BCUT2D eigenvalue weighted by Crippen LogP contribution is 2.06. The lowest BCUT2D eigenvalue weighted by atomic mass is 10.1. The molecule has 17 heavy (non-hydrogen) atoms. The molecule has 0 aliphatic heterocycles. The fourth-order valence-electron chi connectivity index (χ4n) is 0.913. The minimum absolute atomic E-state index is 0.0609. The molecule has 0 amide bonds. The van der Waals surface area contributed by atoms with Gasteiger partial charge in [-0.05, 0) is 20.3 Å². The van der Waals surface area contributed by atoms with Crippen molar-refractivity contribution in [2.75, 3.05) is 18.9 Å². The zero-order valence-electron chi connectivity index (χ0n) is 10.5. The minimum atomic E-state index is -3.55. The quantitative estimate of drug-likeness (QED) is 0.605. The van der Waals surface area contributed by atoms with Crippen LogP contribution in [0.2, 0.25) is 0 Å². The summed E-state index contributed by atoms with van der Waals surface area (Å²) in [5, 5.41) is 9.63. The molecule has 0 spiro atoms. The van der Waals surface area contributed by atoms with Gasteiger partial charge in [0.25, 0.3) is 0 Å². The van der Waals surface area contributed by atoms with Gasteiger partial charge in [-0.2, -0.15) is 0 Å². The van der Waals surface area contributed by atoms with Crippen LogP contribution < -0.4 is 4.72 Å². The van der Waals surface area contributed by atoms with Crippen LogP contribution in [0.5, 0.6) is 0 Å². The molecule has 0 aromatic heterocycles. The first kappa shape index (κ1) is 16.3. The second-order valence-corrected chi connectivity index (χ2v) is 5.97. The maximum atomic E-state index is 11.5. The van der Waals surface area contributed by atoms with Gasteiger partial charge in [-0.1, -0.05) is 6.92 Å². The fraction of sp³-hybridized carbons (Fsp3) is 0.900. The van der Waals surface area contributed by atoms with Gasteiger partial charge in [0.1, 0.15) is 0 Å². The van der Waals surface area contributed by atoms with Crippen molar-refractivity contribution in [3.63, 3.8) is 0 Å². The number of ether oxygens (including phenoxy) is 1. The van der Waals surface area contributed by atoms with E-state index in [1.54, 1.807) is 20.8 Å². The standard InChI is InChI=1S/C10H21NO5S/c1-4-10(3,13)8-11-17(14,15)7-6-9(12)16-5-2/h11,13H,4-8H2,1-3H3. The molecule has 1 atom stereocenters. The van der Waals surface area contributed by atoms with E-state index >= 15 is 0 Å².